The molecule has 8 heteroatoms. The van der Waals surface area contributed by atoms with E-state index in [0.29, 0.717) is 30.9 Å². The summed E-state index contributed by atoms with van der Waals surface area (Å²) < 4.78 is 39.6. The molecule has 0 aromatic heterocycles. The molecule has 1 amide bonds. The molecule has 1 N–H and O–H groups in total. The third-order valence-corrected chi connectivity index (χ3v) is 6.50. The second-order valence-corrected chi connectivity index (χ2v) is 10.1. The smallest absolute Gasteiger partial charge is 0.251 e. The van der Waals surface area contributed by atoms with E-state index in [2.05, 4.69) is 5.32 Å². The molecule has 2 aromatic carbocycles. The highest BCUT2D eigenvalue weighted by Crippen LogP contribution is 2.40. The van der Waals surface area contributed by atoms with Crippen LogP contribution in [-0.4, -0.2) is 47.1 Å². The minimum Gasteiger partial charge on any atom is -0.454 e. The van der Waals surface area contributed by atoms with Crippen LogP contribution >= 0.6 is 0 Å². The lowest BCUT2D eigenvalue weighted by Gasteiger charge is -2.38. The lowest BCUT2D eigenvalue weighted by molar-refractivity contribution is 0.0486. The maximum Gasteiger partial charge on any atom is 0.251 e. The summed E-state index contributed by atoms with van der Waals surface area (Å²) in [6.07, 6.45) is 2.74. The molecule has 2 heterocycles. The number of carbonyl (C=O) groups is 1. The van der Waals surface area contributed by atoms with Gasteiger partial charge in [-0.05, 0) is 48.2 Å². The molecule has 0 spiro atoms. The van der Waals surface area contributed by atoms with Crippen molar-refractivity contribution in [3.8, 4) is 11.5 Å². The van der Waals surface area contributed by atoms with Gasteiger partial charge in [-0.3, -0.25) is 4.79 Å². The summed E-state index contributed by atoms with van der Waals surface area (Å²) in [6.45, 7) is 1.91. The fourth-order valence-corrected chi connectivity index (χ4v) is 4.80. The Morgan fingerprint density at radius 3 is 2.60 bits per heavy atom. The van der Waals surface area contributed by atoms with Crippen molar-refractivity contribution >= 4 is 15.7 Å². The molecule has 0 bridgehead atoms. The second-order valence-electron chi connectivity index (χ2n) is 7.91. The third-order valence-electron chi connectivity index (χ3n) is 5.64. The van der Waals surface area contributed by atoms with Gasteiger partial charge in [-0.1, -0.05) is 18.2 Å². The lowest BCUT2D eigenvalue weighted by Crippen LogP contribution is -2.44. The van der Waals surface area contributed by atoms with Crippen molar-refractivity contribution in [2.75, 3.05) is 32.8 Å². The van der Waals surface area contributed by atoms with E-state index >= 15 is 0 Å². The zero-order valence-corrected chi connectivity index (χ0v) is 17.7. The molecule has 30 heavy (non-hydrogen) atoms. The van der Waals surface area contributed by atoms with Gasteiger partial charge in [0.2, 0.25) is 6.79 Å². The van der Waals surface area contributed by atoms with Crippen LogP contribution in [0.15, 0.2) is 42.5 Å². The van der Waals surface area contributed by atoms with Crippen LogP contribution in [0.1, 0.15) is 34.3 Å². The van der Waals surface area contributed by atoms with Crippen molar-refractivity contribution < 1.29 is 27.4 Å². The van der Waals surface area contributed by atoms with Gasteiger partial charge in [0.05, 0.1) is 5.75 Å². The number of ether oxygens (including phenoxy) is 3. The van der Waals surface area contributed by atoms with E-state index in [1.807, 2.05) is 18.2 Å². The van der Waals surface area contributed by atoms with Crippen LogP contribution in [0.4, 0.5) is 0 Å². The average Bonchev–Trinajstić information content (AvgIpc) is 3.19. The summed E-state index contributed by atoms with van der Waals surface area (Å²) in [6, 6.07) is 12.7. The Morgan fingerprint density at radius 1 is 1.07 bits per heavy atom. The lowest BCUT2D eigenvalue weighted by atomic mass is 9.74. The van der Waals surface area contributed by atoms with Gasteiger partial charge >= 0.3 is 0 Å². The van der Waals surface area contributed by atoms with E-state index in [1.54, 1.807) is 24.3 Å². The Morgan fingerprint density at radius 2 is 1.83 bits per heavy atom. The molecular weight excluding hydrogens is 406 g/mol. The highest BCUT2D eigenvalue weighted by Gasteiger charge is 2.36. The molecule has 1 fully saturated rings. The largest absolute Gasteiger partial charge is 0.454 e. The first kappa shape index (κ1) is 20.7. The van der Waals surface area contributed by atoms with E-state index in [1.165, 1.54) is 6.26 Å². The average molecular weight is 432 g/mol. The minimum absolute atomic E-state index is 0.0907. The minimum atomic E-state index is -3.17. The summed E-state index contributed by atoms with van der Waals surface area (Å²) in [5, 5.41) is 3.05. The molecule has 2 aromatic rings. The van der Waals surface area contributed by atoms with Crippen LogP contribution in [0, 0.1) is 0 Å². The molecule has 2 aliphatic heterocycles. The van der Waals surface area contributed by atoms with Gasteiger partial charge in [0.1, 0.15) is 0 Å². The van der Waals surface area contributed by atoms with E-state index in [-0.39, 0.29) is 23.9 Å². The maximum absolute atomic E-state index is 12.8. The Hall–Kier alpha value is -2.58. The number of amides is 1. The van der Waals surface area contributed by atoms with Crippen molar-refractivity contribution in [2.45, 2.75) is 24.0 Å². The molecule has 0 saturated carbocycles. The van der Waals surface area contributed by atoms with Crippen LogP contribution in [0.3, 0.4) is 0 Å². The van der Waals surface area contributed by atoms with E-state index in [0.717, 1.165) is 29.9 Å². The molecule has 0 atom stereocenters. The summed E-state index contributed by atoms with van der Waals surface area (Å²) in [5.74, 6) is 1.13. The van der Waals surface area contributed by atoms with Gasteiger partial charge in [0.25, 0.3) is 5.91 Å². The summed E-state index contributed by atoms with van der Waals surface area (Å²) in [4.78, 5) is 12.8. The van der Waals surface area contributed by atoms with Crippen LogP contribution in [-0.2, 0) is 25.7 Å². The van der Waals surface area contributed by atoms with Crippen molar-refractivity contribution in [1.82, 2.24) is 5.32 Å². The fraction of sp³-hybridized carbons (Fsp3) is 0.409. The van der Waals surface area contributed by atoms with Gasteiger partial charge in [0.15, 0.2) is 21.3 Å². The molecule has 0 unspecified atom stereocenters. The SMILES string of the molecule is CS(=O)(=O)Cc1cccc(C(=O)NCC2(c3ccc4c(c3)OCO4)CCOCC2)c1. The predicted molar refractivity (Wildman–Crippen MR) is 112 cm³/mol. The number of benzene rings is 2. The van der Waals surface area contributed by atoms with Crippen molar-refractivity contribution in [2.24, 2.45) is 0 Å². The molecule has 160 valence electrons. The van der Waals surface area contributed by atoms with E-state index in [4.69, 9.17) is 14.2 Å². The summed E-state index contributed by atoms with van der Waals surface area (Å²) >= 11 is 0. The molecule has 1 saturated heterocycles. The highest BCUT2D eigenvalue weighted by atomic mass is 32.2. The van der Waals surface area contributed by atoms with Crippen molar-refractivity contribution in [1.29, 1.82) is 0 Å². The first-order valence-corrected chi connectivity index (χ1v) is 11.9. The quantitative estimate of drug-likeness (QED) is 0.756. The zero-order valence-electron chi connectivity index (χ0n) is 16.8. The molecule has 0 aliphatic carbocycles. The molecule has 0 radical (unpaired) electrons. The fourth-order valence-electron chi connectivity index (χ4n) is 4.01. The Labute approximate surface area is 176 Å². The van der Waals surface area contributed by atoms with Gasteiger partial charge in [-0.2, -0.15) is 0 Å². The first-order chi connectivity index (χ1) is 14.3. The monoisotopic (exact) mass is 431 g/mol. The summed E-state index contributed by atoms with van der Waals surface area (Å²) in [5.41, 5.74) is 1.87. The van der Waals surface area contributed by atoms with Gasteiger partial charge in [-0.15, -0.1) is 0 Å². The van der Waals surface area contributed by atoms with E-state index < -0.39 is 9.84 Å². The summed E-state index contributed by atoms with van der Waals surface area (Å²) in [7, 11) is -3.17. The first-order valence-electron chi connectivity index (χ1n) is 9.87. The van der Waals surface area contributed by atoms with Crippen LogP contribution in [0.2, 0.25) is 0 Å². The number of hydrogen-bond acceptors (Lipinski definition) is 6. The normalized spacial score (nSPS) is 17.5. The molecule has 2 aliphatic rings. The molecule has 4 rings (SSSR count). The van der Waals surface area contributed by atoms with Crippen molar-refractivity contribution in [3.63, 3.8) is 0 Å². The topological polar surface area (TPSA) is 90.9 Å². The van der Waals surface area contributed by atoms with Gasteiger partial charge in [0, 0.05) is 37.0 Å². The Bertz CT molecular complexity index is 1040. The van der Waals surface area contributed by atoms with Crippen LogP contribution in [0.25, 0.3) is 0 Å². The van der Waals surface area contributed by atoms with Crippen LogP contribution < -0.4 is 14.8 Å². The zero-order chi connectivity index (χ0) is 21.2. The third kappa shape index (κ3) is 4.60. The number of rotatable bonds is 6. The second kappa shape index (κ2) is 8.28. The predicted octanol–water partition coefficient (Wildman–Crippen LogP) is 2.44. The Balaban J connectivity index is 1.52. The molecule has 7 nitrogen and oxygen atoms in total. The number of fused-ring (bicyclic) bond motifs is 1. The number of hydrogen-bond donors (Lipinski definition) is 1. The number of sulfone groups is 1. The van der Waals surface area contributed by atoms with E-state index in [9.17, 15) is 13.2 Å². The Kier molecular flexibility index (Phi) is 5.71. The number of carbonyl (C=O) groups excluding carboxylic acids is 1. The van der Waals surface area contributed by atoms with Crippen LogP contribution in [0.5, 0.6) is 11.5 Å². The highest BCUT2D eigenvalue weighted by molar-refractivity contribution is 7.89. The number of nitrogens with one attached hydrogen (secondary N) is 1. The van der Waals surface area contributed by atoms with Gasteiger partial charge < -0.3 is 19.5 Å². The molecular formula is C22H25NO6S. The maximum atomic E-state index is 12.8. The van der Waals surface area contributed by atoms with Crippen molar-refractivity contribution in [3.05, 3.63) is 59.2 Å². The van der Waals surface area contributed by atoms with Gasteiger partial charge in [-0.25, -0.2) is 8.42 Å². The standard InChI is InChI=1S/C22H25NO6S/c1-30(25,26)13-16-3-2-4-17(11-16)21(24)23-14-22(7-9-27-10-8-22)18-5-6-19-20(12-18)29-15-28-19/h2-6,11-12H,7-10,13-15H2,1H3,(H,23,24).